The van der Waals surface area contributed by atoms with Gasteiger partial charge in [-0.3, -0.25) is 4.79 Å². The number of hydrogen-bond acceptors (Lipinski definition) is 2. The quantitative estimate of drug-likeness (QED) is 0.742. The first-order valence-electron chi connectivity index (χ1n) is 6.27. The molecule has 0 saturated heterocycles. The Balaban J connectivity index is 2.71. The molecule has 0 spiro atoms. The number of benzene rings is 1. The van der Waals surface area contributed by atoms with E-state index in [1.807, 2.05) is 0 Å². The molecule has 0 fully saturated rings. The molecule has 0 radical (unpaired) electrons. The summed E-state index contributed by atoms with van der Waals surface area (Å²) in [6.45, 7) is 12.6. The van der Waals surface area contributed by atoms with Crippen LogP contribution in [0.2, 0.25) is 0 Å². The molecule has 0 aromatic heterocycles. The van der Waals surface area contributed by atoms with Crippen LogP contribution in [-0.4, -0.2) is 9.86 Å². The average Bonchev–Trinajstić information content (AvgIpc) is 2.38. The molecular weight excluding hydrogens is 240 g/mol. The van der Waals surface area contributed by atoms with E-state index in [2.05, 4.69) is 53.7 Å². The summed E-state index contributed by atoms with van der Waals surface area (Å²) in [5, 5.41) is 0.215. The summed E-state index contributed by atoms with van der Waals surface area (Å²) in [7, 11) is 0. The maximum atomic E-state index is 12.3. The molecule has 0 amide bonds. The molecule has 18 heavy (non-hydrogen) atoms. The summed E-state index contributed by atoms with van der Waals surface area (Å²) < 4.78 is -0.0732. The molecule has 1 nitrogen and oxygen atoms in total. The lowest BCUT2D eigenvalue weighted by atomic mass is 9.88. The molecule has 2 heteroatoms. The van der Waals surface area contributed by atoms with Crippen molar-refractivity contribution in [3.63, 3.8) is 0 Å². The molecule has 0 saturated carbocycles. The maximum Gasteiger partial charge on any atom is 0.220 e. The summed E-state index contributed by atoms with van der Waals surface area (Å²) in [5.74, 6) is 0. The summed E-state index contributed by atoms with van der Waals surface area (Å²) >= 11 is 1.44. The molecule has 1 heterocycles. The van der Waals surface area contributed by atoms with E-state index in [0.29, 0.717) is 0 Å². The van der Waals surface area contributed by atoms with E-state index in [1.165, 1.54) is 34.0 Å². The highest BCUT2D eigenvalue weighted by Crippen LogP contribution is 2.47. The average molecular weight is 260 g/mol. The molecule has 0 bridgehead atoms. The molecule has 1 aliphatic rings. The number of aryl methyl sites for hydroxylation is 3. The van der Waals surface area contributed by atoms with Crippen molar-refractivity contribution >= 4 is 22.5 Å². The minimum absolute atomic E-state index is 0.0732. The van der Waals surface area contributed by atoms with Crippen molar-refractivity contribution in [2.24, 2.45) is 0 Å². The summed E-state index contributed by atoms with van der Waals surface area (Å²) in [6, 6.07) is 4.32. The lowest BCUT2D eigenvalue weighted by Gasteiger charge is -2.17. The van der Waals surface area contributed by atoms with Crippen molar-refractivity contribution in [3.05, 3.63) is 40.0 Å². The predicted octanol–water partition coefficient (Wildman–Crippen LogP) is 4.44. The molecule has 0 N–H and O–H groups in total. The molecular formula is C16H20OS. The first-order valence-corrected chi connectivity index (χ1v) is 7.08. The van der Waals surface area contributed by atoms with E-state index in [-0.39, 0.29) is 9.86 Å². The van der Waals surface area contributed by atoms with E-state index < -0.39 is 0 Å². The fourth-order valence-corrected chi connectivity index (χ4v) is 3.75. The van der Waals surface area contributed by atoms with Crippen LogP contribution in [0.1, 0.15) is 43.0 Å². The Morgan fingerprint density at radius 1 is 1.00 bits per heavy atom. The first-order chi connectivity index (χ1) is 8.24. The third-order valence-corrected chi connectivity index (χ3v) is 4.96. The lowest BCUT2D eigenvalue weighted by Crippen LogP contribution is -2.12. The monoisotopic (exact) mass is 260 g/mol. The third-order valence-electron chi connectivity index (χ3n) is 3.76. The number of thioether (sulfide) groups is 1. The molecule has 0 atom stereocenters. The fourth-order valence-electron chi connectivity index (χ4n) is 2.68. The van der Waals surface area contributed by atoms with Gasteiger partial charge < -0.3 is 0 Å². The smallest absolute Gasteiger partial charge is 0.220 e. The molecule has 1 aromatic rings. The minimum Gasteiger partial charge on any atom is -0.282 e. The molecule has 1 aromatic carbocycles. The molecule has 0 aliphatic carbocycles. The van der Waals surface area contributed by atoms with Gasteiger partial charge in [-0.2, -0.15) is 0 Å². The zero-order chi connectivity index (χ0) is 13.7. The van der Waals surface area contributed by atoms with E-state index in [1.54, 1.807) is 0 Å². The second-order valence-corrected chi connectivity index (χ2v) is 7.27. The SMILES string of the molecule is CC1=C(c2c(C)cc(C)cc2C)C(=O)SC1(C)C. The maximum absolute atomic E-state index is 12.3. The van der Waals surface area contributed by atoms with E-state index in [0.717, 1.165) is 11.1 Å². The third kappa shape index (κ3) is 2.03. The van der Waals surface area contributed by atoms with Crippen molar-refractivity contribution in [2.45, 2.75) is 46.3 Å². The summed E-state index contributed by atoms with van der Waals surface area (Å²) in [4.78, 5) is 12.3. The number of carbonyl (C=O) groups is 1. The minimum atomic E-state index is -0.0732. The second-order valence-electron chi connectivity index (χ2n) is 5.67. The van der Waals surface area contributed by atoms with E-state index >= 15 is 0 Å². The number of hydrogen-bond donors (Lipinski definition) is 0. The van der Waals surface area contributed by atoms with Gasteiger partial charge in [-0.05, 0) is 63.8 Å². The number of carbonyl (C=O) groups excluding carboxylic acids is 1. The van der Waals surface area contributed by atoms with Gasteiger partial charge in [0.05, 0.1) is 0 Å². The standard InChI is InChI=1S/C16H20OS/c1-9-7-10(2)13(11(3)8-9)14-12(4)16(5,6)18-15(14)17/h7-8H,1-6H3. The van der Waals surface area contributed by atoms with Crippen molar-refractivity contribution in [3.8, 4) is 0 Å². The number of rotatable bonds is 1. The second kappa shape index (κ2) is 4.27. The highest BCUT2D eigenvalue weighted by atomic mass is 32.2. The van der Waals surface area contributed by atoms with Gasteiger partial charge in [0.2, 0.25) is 5.12 Å². The van der Waals surface area contributed by atoms with Crippen LogP contribution in [-0.2, 0) is 4.79 Å². The fraction of sp³-hybridized carbons (Fsp3) is 0.438. The van der Waals surface area contributed by atoms with Crippen molar-refractivity contribution < 1.29 is 4.79 Å². The summed E-state index contributed by atoms with van der Waals surface area (Å²) in [6.07, 6.45) is 0. The predicted molar refractivity (Wildman–Crippen MR) is 79.9 cm³/mol. The molecule has 2 rings (SSSR count). The highest BCUT2D eigenvalue weighted by Gasteiger charge is 2.38. The van der Waals surface area contributed by atoms with Crippen molar-refractivity contribution in [1.29, 1.82) is 0 Å². The molecule has 1 aliphatic heterocycles. The Morgan fingerprint density at radius 2 is 1.50 bits per heavy atom. The Hall–Kier alpha value is -1.02. The topological polar surface area (TPSA) is 17.1 Å². The van der Waals surface area contributed by atoms with Crippen molar-refractivity contribution in [1.82, 2.24) is 0 Å². The Kier molecular flexibility index (Phi) is 3.18. The van der Waals surface area contributed by atoms with Crippen LogP contribution in [0.25, 0.3) is 5.57 Å². The van der Waals surface area contributed by atoms with Crippen LogP contribution < -0.4 is 0 Å². The normalized spacial score (nSPS) is 18.7. The van der Waals surface area contributed by atoms with Gasteiger partial charge in [-0.1, -0.05) is 29.5 Å². The zero-order valence-corrected chi connectivity index (χ0v) is 12.8. The van der Waals surface area contributed by atoms with Gasteiger partial charge in [-0.25, -0.2) is 0 Å². The van der Waals surface area contributed by atoms with Crippen LogP contribution in [0, 0.1) is 20.8 Å². The Morgan fingerprint density at radius 3 is 1.89 bits per heavy atom. The zero-order valence-electron chi connectivity index (χ0n) is 12.0. The van der Waals surface area contributed by atoms with Crippen LogP contribution in [0.15, 0.2) is 17.7 Å². The lowest BCUT2D eigenvalue weighted by molar-refractivity contribution is -0.106. The van der Waals surface area contributed by atoms with Gasteiger partial charge >= 0.3 is 0 Å². The van der Waals surface area contributed by atoms with Gasteiger partial charge in [-0.15, -0.1) is 0 Å². The van der Waals surface area contributed by atoms with Gasteiger partial charge in [0.1, 0.15) is 0 Å². The van der Waals surface area contributed by atoms with Crippen LogP contribution in [0.3, 0.4) is 0 Å². The summed E-state index contributed by atoms with van der Waals surface area (Å²) in [5.41, 5.74) is 6.93. The van der Waals surface area contributed by atoms with Crippen LogP contribution in [0.5, 0.6) is 0 Å². The van der Waals surface area contributed by atoms with Gasteiger partial charge in [0, 0.05) is 10.3 Å². The van der Waals surface area contributed by atoms with Crippen molar-refractivity contribution in [2.75, 3.05) is 0 Å². The van der Waals surface area contributed by atoms with Gasteiger partial charge in [0.25, 0.3) is 0 Å². The van der Waals surface area contributed by atoms with E-state index in [4.69, 9.17) is 0 Å². The first kappa shape index (κ1) is 13.4. The van der Waals surface area contributed by atoms with E-state index in [9.17, 15) is 4.79 Å². The molecule has 0 unspecified atom stereocenters. The Bertz CT molecular complexity index is 541. The highest BCUT2D eigenvalue weighted by molar-refractivity contribution is 8.16. The molecule has 96 valence electrons. The van der Waals surface area contributed by atoms with Crippen LogP contribution >= 0.6 is 11.8 Å². The van der Waals surface area contributed by atoms with Gasteiger partial charge in [0.15, 0.2) is 0 Å². The largest absolute Gasteiger partial charge is 0.282 e. The Labute approximate surface area is 114 Å². The van der Waals surface area contributed by atoms with Crippen LogP contribution in [0.4, 0.5) is 0 Å².